The normalized spacial score (nSPS) is 11.4. The number of primary amides is 1. The average Bonchev–Trinajstić information content (AvgIpc) is 2.29. The lowest BCUT2D eigenvalue weighted by molar-refractivity contribution is -0.117. The number of nitrogens with two attached hydrogens (primary N) is 2. The van der Waals surface area contributed by atoms with Crippen LogP contribution in [0, 0.1) is 0 Å². The van der Waals surface area contributed by atoms with Crippen LogP contribution in [0.2, 0.25) is 0 Å². The number of hydrogen-bond acceptors (Lipinski definition) is 5. The van der Waals surface area contributed by atoms with Crippen LogP contribution in [0.4, 0.5) is 5.69 Å². The lowest BCUT2D eigenvalue weighted by Crippen LogP contribution is -2.19. The van der Waals surface area contributed by atoms with E-state index in [4.69, 9.17) is 11.5 Å². The van der Waals surface area contributed by atoms with Crippen molar-refractivity contribution in [3.05, 3.63) is 22.7 Å². The predicted octanol–water partition coefficient (Wildman–Crippen LogP) is 1.41. The molecule has 0 bridgehead atoms. The second-order valence-electron chi connectivity index (χ2n) is 3.90. The molecule has 19 heavy (non-hydrogen) atoms. The summed E-state index contributed by atoms with van der Waals surface area (Å²) in [5.74, 6) is -0.403. The van der Waals surface area contributed by atoms with Gasteiger partial charge < -0.3 is 11.5 Å². The molecule has 1 rings (SSSR count). The van der Waals surface area contributed by atoms with Crippen molar-refractivity contribution >= 4 is 49.1 Å². The van der Waals surface area contributed by atoms with Crippen molar-refractivity contribution in [2.75, 3.05) is 23.0 Å². The summed E-state index contributed by atoms with van der Waals surface area (Å²) in [6.07, 6.45) is -0.132. The van der Waals surface area contributed by atoms with E-state index in [0.717, 1.165) is 9.37 Å². The molecule has 0 heterocycles. The Morgan fingerprint density at radius 2 is 2.00 bits per heavy atom. The van der Waals surface area contributed by atoms with Crippen LogP contribution in [0.15, 0.2) is 27.6 Å². The monoisotopic (exact) mass is 366 g/mol. The van der Waals surface area contributed by atoms with E-state index in [1.54, 1.807) is 6.07 Å². The molecule has 4 N–H and O–H groups in total. The van der Waals surface area contributed by atoms with E-state index in [2.05, 4.69) is 15.9 Å². The molecular formula is C11H15BrN2O3S2. The van der Waals surface area contributed by atoms with Gasteiger partial charge in [0.15, 0.2) is 9.84 Å². The lowest BCUT2D eigenvalue weighted by Gasteiger charge is -2.06. The van der Waals surface area contributed by atoms with E-state index in [1.165, 1.54) is 11.8 Å². The number of thioether (sulfide) groups is 1. The molecule has 0 fully saturated rings. The number of sulfone groups is 1. The third kappa shape index (κ3) is 6.31. The first-order chi connectivity index (χ1) is 8.80. The Hall–Kier alpha value is -0.730. The van der Waals surface area contributed by atoms with Crippen molar-refractivity contribution < 1.29 is 13.2 Å². The molecule has 0 radical (unpaired) electrons. The first-order valence-electron chi connectivity index (χ1n) is 5.47. The summed E-state index contributed by atoms with van der Waals surface area (Å²) in [5, 5.41) is 0. The van der Waals surface area contributed by atoms with Crippen LogP contribution in [0.1, 0.15) is 6.42 Å². The van der Waals surface area contributed by atoms with Gasteiger partial charge in [-0.25, -0.2) is 8.42 Å². The van der Waals surface area contributed by atoms with Gasteiger partial charge >= 0.3 is 0 Å². The van der Waals surface area contributed by atoms with E-state index in [-0.39, 0.29) is 17.9 Å². The summed E-state index contributed by atoms with van der Waals surface area (Å²) < 4.78 is 24.1. The van der Waals surface area contributed by atoms with Crippen LogP contribution in [0.5, 0.6) is 0 Å². The predicted molar refractivity (Wildman–Crippen MR) is 81.7 cm³/mol. The molecule has 1 amide bonds. The number of carbonyl (C=O) groups excluding carboxylic acids is 1. The molecule has 0 atom stereocenters. The molecule has 106 valence electrons. The SMILES string of the molecule is NC(=O)CCS(=O)(=O)CCSc1ccc(Br)cc1N. The summed E-state index contributed by atoms with van der Waals surface area (Å²) in [4.78, 5) is 11.4. The van der Waals surface area contributed by atoms with Crippen molar-refractivity contribution in [2.45, 2.75) is 11.3 Å². The molecule has 0 aliphatic carbocycles. The van der Waals surface area contributed by atoms with Gasteiger partial charge in [0, 0.05) is 27.2 Å². The van der Waals surface area contributed by atoms with Crippen LogP contribution >= 0.6 is 27.7 Å². The Labute approximate surface area is 125 Å². The Balaban J connectivity index is 2.47. The molecule has 0 unspecified atom stereocenters. The maximum absolute atomic E-state index is 11.6. The Kier molecular flexibility index (Phi) is 6.15. The van der Waals surface area contributed by atoms with Gasteiger partial charge in [-0.05, 0) is 18.2 Å². The fourth-order valence-corrected chi connectivity index (χ4v) is 4.34. The lowest BCUT2D eigenvalue weighted by atomic mass is 10.3. The minimum atomic E-state index is -3.24. The summed E-state index contributed by atoms with van der Waals surface area (Å²) in [6, 6.07) is 5.45. The third-order valence-electron chi connectivity index (χ3n) is 2.28. The number of rotatable bonds is 7. The van der Waals surface area contributed by atoms with Crippen LogP contribution in [0.3, 0.4) is 0 Å². The highest BCUT2D eigenvalue weighted by atomic mass is 79.9. The highest BCUT2D eigenvalue weighted by Gasteiger charge is 2.12. The second-order valence-corrected chi connectivity index (χ2v) is 8.25. The minimum absolute atomic E-state index is 0.000447. The number of anilines is 1. The first kappa shape index (κ1) is 16.3. The van der Waals surface area contributed by atoms with E-state index in [1.807, 2.05) is 12.1 Å². The number of halogens is 1. The average molecular weight is 367 g/mol. The van der Waals surface area contributed by atoms with Crippen molar-refractivity contribution in [1.82, 2.24) is 0 Å². The van der Waals surface area contributed by atoms with Crippen molar-refractivity contribution in [1.29, 1.82) is 0 Å². The van der Waals surface area contributed by atoms with Gasteiger partial charge in [-0.2, -0.15) is 0 Å². The van der Waals surface area contributed by atoms with Crippen LogP contribution in [0.25, 0.3) is 0 Å². The Morgan fingerprint density at radius 1 is 1.32 bits per heavy atom. The molecule has 1 aromatic rings. The molecule has 0 saturated heterocycles. The number of amides is 1. The molecular weight excluding hydrogens is 352 g/mol. The highest BCUT2D eigenvalue weighted by Crippen LogP contribution is 2.27. The molecule has 1 aromatic carbocycles. The number of benzene rings is 1. The highest BCUT2D eigenvalue weighted by molar-refractivity contribution is 9.10. The Morgan fingerprint density at radius 3 is 2.58 bits per heavy atom. The zero-order valence-corrected chi connectivity index (χ0v) is 13.4. The van der Waals surface area contributed by atoms with Gasteiger partial charge in [0.05, 0.1) is 11.5 Å². The van der Waals surface area contributed by atoms with E-state index < -0.39 is 15.7 Å². The van der Waals surface area contributed by atoms with E-state index >= 15 is 0 Å². The molecule has 8 heteroatoms. The standard InChI is InChI=1S/C11H15BrN2O3S2/c12-8-1-2-10(9(13)7-8)18-4-6-19(16,17)5-3-11(14)15/h1-2,7H,3-6,13H2,(H2,14,15). The molecule has 0 spiro atoms. The van der Waals surface area contributed by atoms with Gasteiger partial charge in [0.1, 0.15) is 0 Å². The Bertz CT molecular complexity index is 561. The minimum Gasteiger partial charge on any atom is -0.398 e. The maximum Gasteiger partial charge on any atom is 0.218 e. The largest absolute Gasteiger partial charge is 0.398 e. The third-order valence-corrected chi connectivity index (χ3v) is 5.78. The molecule has 0 aliphatic rings. The number of carbonyl (C=O) groups is 1. The van der Waals surface area contributed by atoms with Gasteiger partial charge in [-0.15, -0.1) is 11.8 Å². The van der Waals surface area contributed by atoms with Crippen LogP contribution in [-0.2, 0) is 14.6 Å². The summed E-state index contributed by atoms with van der Waals surface area (Å²) in [6.45, 7) is 0. The summed E-state index contributed by atoms with van der Waals surface area (Å²) in [5.41, 5.74) is 11.3. The van der Waals surface area contributed by atoms with Crippen molar-refractivity contribution in [3.63, 3.8) is 0 Å². The fraction of sp³-hybridized carbons (Fsp3) is 0.364. The summed E-state index contributed by atoms with van der Waals surface area (Å²) in [7, 11) is -3.24. The van der Waals surface area contributed by atoms with Gasteiger partial charge in [-0.1, -0.05) is 15.9 Å². The van der Waals surface area contributed by atoms with Crippen LogP contribution in [-0.4, -0.2) is 31.6 Å². The maximum atomic E-state index is 11.6. The molecule has 0 saturated carbocycles. The molecule has 0 aliphatic heterocycles. The van der Waals surface area contributed by atoms with E-state index in [0.29, 0.717) is 11.4 Å². The molecule has 0 aromatic heterocycles. The first-order valence-corrected chi connectivity index (χ1v) is 9.07. The topological polar surface area (TPSA) is 103 Å². The zero-order chi connectivity index (χ0) is 14.5. The van der Waals surface area contributed by atoms with Gasteiger partial charge in [0.25, 0.3) is 0 Å². The summed E-state index contributed by atoms with van der Waals surface area (Å²) >= 11 is 4.68. The van der Waals surface area contributed by atoms with Gasteiger partial charge in [0.2, 0.25) is 5.91 Å². The zero-order valence-electron chi connectivity index (χ0n) is 10.1. The van der Waals surface area contributed by atoms with Crippen LogP contribution < -0.4 is 11.5 Å². The quantitative estimate of drug-likeness (QED) is 0.560. The number of hydrogen-bond donors (Lipinski definition) is 2. The van der Waals surface area contributed by atoms with E-state index in [9.17, 15) is 13.2 Å². The molecule has 5 nitrogen and oxygen atoms in total. The fourth-order valence-electron chi connectivity index (χ4n) is 1.29. The smallest absolute Gasteiger partial charge is 0.218 e. The van der Waals surface area contributed by atoms with Crippen molar-refractivity contribution in [2.24, 2.45) is 5.73 Å². The van der Waals surface area contributed by atoms with Crippen molar-refractivity contribution in [3.8, 4) is 0 Å². The van der Waals surface area contributed by atoms with Gasteiger partial charge in [-0.3, -0.25) is 4.79 Å². The number of nitrogen functional groups attached to an aromatic ring is 1. The second kappa shape index (κ2) is 7.16.